The number of hydrogen-bond donors (Lipinski definition) is 1. The van der Waals surface area contributed by atoms with Crippen LogP contribution < -0.4 is 0 Å². The van der Waals surface area contributed by atoms with E-state index in [2.05, 4.69) is 27.7 Å². The average molecular weight is 720 g/mol. The quantitative estimate of drug-likeness (QED) is 0.0372. The van der Waals surface area contributed by atoms with E-state index in [4.69, 9.17) is 0 Å². The van der Waals surface area contributed by atoms with Crippen LogP contribution in [0.1, 0.15) is 233 Å². The predicted octanol–water partition coefficient (Wildman–Crippen LogP) is 13.9. The maximum absolute atomic E-state index is 2.47. The second-order valence-electron chi connectivity index (χ2n) is 15.4. The molecule has 0 rings (SSSR count). The zero-order chi connectivity index (χ0) is 30.9. The van der Waals surface area contributed by atoms with Crippen molar-refractivity contribution in [2.75, 3.05) is 23.0 Å². The number of rotatable bonds is 36. The van der Waals surface area contributed by atoms with Crippen molar-refractivity contribution >= 4 is 27.5 Å². The molecular weight excluding hydrogens is 631 g/mol. The fourth-order valence-electron chi connectivity index (χ4n) is 7.60. The Labute approximate surface area is 282 Å². The maximum atomic E-state index is 2.47. The molecule has 0 atom stereocenters. The van der Waals surface area contributed by atoms with E-state index in [-0.39, 0.29) is 0 Å². The van der Waals surface area contributed by atoms with E-state index in [0.29, 0.717) is 0 Å². The van der Waals surface area contributed by atoms with Gasteiger partial charge in [0.05, 0.1) is 0 Å². The van der Waals surface area contributed by atoms with E-state index < -0.39 is 6.35 Å². The zero-order valence-electron chi connectivity index (χ0n) is 30.9. The van der Waals surface area contributed by atoms with Gasteiger partial charge in [0, 0.05) is 0 Å². The van der Waals surface area contributed by atoms with Crippen LogP contribution in [-0.2, 0) is 0 Å². The summed E-state index contributed by atoms with van der Waals surface area (Å²) in [7, 11) is 0. The minimum atomic E-state index is -1.38. The Morgan fingerprint density at radius 3 is 0.619 bits per heavy atom. The monoisotopic (exact) mass is 721 g/mol. The van der Waals surface area contributed by atoms with Crippen molar-refractivity contribution in [2.24, 2.45) is 0 Å². The minimum Gasteiger partial charge on any atom is -0.0654 e. The molecule has 0 aliphatic rings. The number of thiol groups is 1. The second kappa shape index (κ2) is 32.1. The molecule has 42 heavy (non-hydrogen) atoms. The molecule has 258 valence electrons. The first-order valence-electron chi connectivity index (χ1n) is 20.5. The average Bonchev–Trinajstić information content (AvgIpc) is 2.99. The second-order valence-corrected chi connectivity index (χ2v) is 44.1. The molecule has 0 nitrogen and oxygen atoms in total. The molecular formula is C40H88SSn. The van der Waals surface area contributed by atoms with Crippen LogP contribution in [0.3, 0.4) is 0 Å². The molecule has 0 N–H and O–H groups in total. The molecule has 0 saturated heterocycles. The van der Waals surface area contributed by atoms with Crippen molar-refractivity contribution in [3.8, 4) is 0 Å². The molecule has 0 aromatic rings. The van der Waals surface area contributed by atoms with Crippen LogP contribution in [0, 0.1) is 0 Å². The van der Waals surface area contributed by atoms with Crippen LogP contribution in [0.4, 0.5) is 0 Å². The standard InChI is InChI=1S/C40H85S.Sn.3H/c1-5-9-13-16-19-22-25-28-31-34-38-41(37-12-8-4,39-35-32-29-26-23-20-17-14-10-6-2)40-36-33-30-27-24-21-18-15-11-7-3;;;;/h41H,5-40H2,1-4H3;;;;. The van der Waals surface area contributed by atoms with Crippen LogP contribution in [0.5, 0.6) is 0 Å². The summed E-state index contributed by atoms with van der Waals surface area (Å²) in [6.07, 6.45) is 46.6. The summed E-state index contributed by atoms with van der Waals surface area (Å²) in [5.41, 5.74) is 0. The van der Waals surface area contributed by atoms with Crippen LogP contribution in [-0.4, -0.2) is 44.2 Å². The van der Waals surface area contributed by atoms with Crippen molar-refractivity contribution in [2.45, 2.75) is 233 Å². The SMILES string of the molecule is CCCCCCCCCCCC[SH]([SnH3])(CCCC)(CCCCCCCCCCCC)CCCCCCCCCCCC. The van der Waals surface area contributed by atoms with Crippen molar-refractivity contribution in [3.63, 3.8) is 0 Å². The van der Waals surface area contributed by atoms with E-state index in [1.165, 1.54) is 161 Å². The summed E-state index contributed by atoms with van der Waals surface area (Å²) in [4.78, 5) is 0. The van der Waals surface area contributed by atoms with Gasteiger partial charge < -0.3 is 0 Å². The molecule has 0 aliphatic carbocycles. The molecule has 0 saturated carbocycles. The van der Waals surface area contributed by atoms with Crippen LogP contribution >= 0.6 is 6.35 Å². The third-order valence-electron chi connectivity index (χ3n) is 10.8. The fourth-order valence-corrected chi connectivity index (χ4v) is 24.7. The first-order valence-corrected chi connectivity index (χ1v) is 31.6. The van der Waals surface area contributed by atoms with Crippen molar-refractivity contribution in [3.05, 3.63) is 0 Å². The molecule has 0 spiro atoms. The molecule has 0 unspecified atom stereocenters. The molecule has 0 aromatic carbocycles. The molecule has 0 fully saturated rings. The number of unbranched alkanes of at least 4 members (excludes halogenated alkanes) is 28. The third kappa shape index (κ3) is 27.5. The molecule has 0 heterocycles. The molecule has 2 heteroatoms. The zero-order valence-corrected chi connectivity index (χ0v) is 37.5. The predicted molar refractivity (Wildman–Crippen MR) is 209 cm³/mol. The van der Waals surface area contributed by atoms with Gasteiger partial charge in [0.1, 0.15) is 0 Å². The van der Waals surface area contributed by atoms with Crippen LogP contribution in [0.15, 0.2) is 0 Å². The van der Waals surface area contributed by atoms with E-state index in [0.717, 1.165) is 21.1 Å². The Bertz CT molecular complexity index is 455. The Morgan fingerprint density at radius 2 is 0.405 bits per heavy atom. The van der Waals surface area contributed by atoms with Gasteiger partial charge in [0.2, 0.25) is 0 Å². The van der Waals surface area contributed by atoms with Gasteiger partial charge in [-0.25, -0.2) is 0 Å². The molecule has 0 aromatic heterocycles. The van der Waals surface area contributed by atoms with Gasteiger partial charge in [-0.2, -0.15) is 0 Å². The summed E-state index contributed by atoms with van der Waals surface area (Å²) >= 11 is 0.853. The summed E-state index contributed by atoms with van der Waals surface area (Å²) in [6.45, 7) is 9.47. The van der Waals surface area contributed by atoms with Crippen molar-refractivity contribution in [1.82, 2.24) is 0 Å². The summed E-state index contributed by atoms with van der Waals surface area (Å²) in [6, 6.07) is 0. The fraction of sp³-hybridized carbons (Fsp3) is 1.00. The van der Waals surface area contributed by atoms with Crippen molar-refractivity contribution in [1.29, 1.82) is 0 Å². The Balaban J connectivity index is 4.67. The van der Waals surface area contributed by atoms with E-state index in [1.54, 1.807) is 68.0 Å². The summed E-state index contributed by atoms with van der Waals surface area (Å²) in [5, 5.41) is 0. The normalized spacial score (nSPS) is 13.1. The van der Waals surface area contributed by atoms with E-state index in [1.807, 2.05) is 0 Å². The minimum absolute atomic E-state index is 0.853. The smallest absolute Gasteiger partial charge is 0.0654 e. The molecule has 0 aliphatic heterocycles. The van der Waals surface area contributed by atoms with E-state index in [9.17, 15) is 0 Å². The topological polar surface area (TPSA) is 0 Å². The summed E-state index contributed by atoms with van der Waals surface area (Å²) < 4.78 is 0. The first kappa shape index (κ1) is 43.1. The first-order chi connectivity index (χ1) is 20.5. The Morgan fingerprint density at radius 1 is 0.238 bits per heavy atom. The molecule has 0 radical (unpaired) electrons. The Hall–Kier alpha value is 1.15. The third-order valence-corrected chi connectivity index (χ3v) is 33.0. The van der Waals surface area contributed by atoms with Gasteiger partial charge in [0.15, 0.2) is 0 Å². The van der Waals surface area contributed by atoms with Gasteiger partial charge in [-0.15, -0.1) is 0 Å². The van der Waals surface area contributed by atoms with Crippen molar-refractivity contribution < 1.29 is 0 Å². The Kier molecular flexibility index (Phi) is 33.0. The van der Waals surface area contributed by atoms with Gasteiger partial charge in [-0.1, -0.05) is 20.8 Å². The number of hydrogen-bond acceptors (Lipinski definition) is 0. The van der Waals surface area contributed by atoms with Gasteiger partial charge in [-0.05, 0) is 0 Å². The van der Waals surface area contributed by atoms with Crippen LogP contribution in [0.2, 0.25) is 0 Å². The van der Waals surface area contributed by atoms with Gasteiger partial charge >= 0.3 is 263 Å². The van der Waals surface area contributed by atoms with Gasteiger partial charge in [-0.3, -0.25) is 0 Å². The molecule has 0 amide bonds. The van der Waals surface area contributed by atoms with Gasteiger partial charge in [0.25, 0.3) is 0 Å². The summed E-state index contributed by atoms with van der Waals surface area (Å²) in [5.74, 6) is 6.90. The molecule has 0 bridgehead atoms. The van der Waals surface area contributed by atoms with E-state index >= 15 is 0 Å². The van der Waals surface area contributed by atoms with Crippen LogP contribution in [0.25, 0.3) is 0 Å².